The monoisotopic (exact) mass is 395 g/mol. The molecule has 3 rings (SSSR count). The minimum atomic E-state index is -1.36. The maximum absolute atomic E-state index is 12.4. The van der Waals surface area contributed by atoms with Crippen molar-refractivity contribution in [3.05, 3.63) is 35.9 Å². The lowest BCUT2D eigenvalue weighted by Gasteiger charge is -2.40. The van der Waals surface area contributed by atoms with Crippen molar-refractivity contribution in [1.82, 2.24) is 5.32 Å². The molecule has 0 aromatic heterocycles. The van der Waals surface area contributed by atoms with Crippen molar-refractivity contribution in [2.24, 2.45) is 0 Å². The maximum Gasteiger partial charge on any atom is 0.407 e. The van der Waals surface area contributed by atoms with E-state index in [1.165, 1.54) is 0 Å². The molecule has 2 saturated heterocycles. The highest BCUT2D eigenvalue weighted by Crippen LogP contribution is 2.31. The second-order valence-corrected chi connectivity index (χ2v) is 7.13. The number of amides is 1. The number of hydrogen-bond donors (Lipinski definition) is 2. The van der Waals surface area contributed by atoms with Gasteiger partial charge in [0.1, 0.15) is 18.3 Å². The average molecular weight is 395 g/mol. The Morgan fingerprint density at radius 2 is 2.04 bits per heavy atom. The van der Waals surface area contributed by atoms with E-state index in [0.29, 0.717) is 0 Å². The van der Waals surface area contributed by atoms with E-state index in [0.717, 1.165) is 12.7 Å². The number of esters is 1. The number of alkyl carbamates (subject to hydrolysis) is 1. The number of carbonyl (C=O) groups excluding carboxylic acids is 2. The Labute approximate surface area is 162 Å². The Balaban J connectivity index is 1.78. The molecule has 5 atom stereocenters. The summed E-state index contributed by atoms with van der Waals surface area (Å²) in [6.45, 7) is 3.85. The first-order valence-corrected chi connectivity index (χ1v) is 9.01. The predicted octanol–water partition coefficient (Wildman–Crippen LogP) is 0.734. The highest BCUT2D eigenvalue weighted by atomic mass is 16.8. The number of ether oxygens (including phenoxy) is 5. The van der Waals surface area contributed by atoms with Gasteiger partial charge in [0.25, 0.3) is 0 Å². The van der Waals surface area contributed by atoms with Crippen LogP contribution >= 0.6 is 0 Å². The molecule has 9 nitrogen and oxygen atoms in total. The van der Waals surface area contributed by atoms with Gasteiger partial charge in [0, 0.05) is 0 Å². The summed E-state index contributed by atoms with van der Waals surface area (Å²) in [5.74, 6) is -1.64. The van der Waals surface area contributed by atoms with Gasteiger partial charge in [0.05, 0.1) is 20.3 Å². The Kier molecular flexibility index (Phi) is 6.19. The average Bonchev–Trinajstić information content (AvgIpc) is 3.04. The van der Waals surface area contributed by atoms with Crippen molar-refractivity contribution < 1.29 is 38.4 Å². The molecule has 1 amide bonds. The van der Waals surface area contributed by atoms with E-state index >= 15 is 0 Å². The van der Waals surface area contributed by atoms with E-state index in [9.17, 15) is 14.7 Å². The van der Waals surface area contributed by atoms with Crippen LogP contribution in [0.5, 0.6) is 0 Å². The molecule has 1 aromatic rings. The van der Waals surface area contributed by atoms with E-state index in [-0.39, 0.29) is 13.2 Å². The summed E-state index contributed by atoms with van der Waals surface area (Å²) >= 11 is 0. The number of cyclic esters (lactones) is 1. The Morgan fingerprint density at radius 3 is 2.64 bits per heavy atom. The first-order chi connectivity index (χ1) is 13.3. The molecule has 1 aromatic carbocycles. The van der Waals surface area contributed by atoms with Gasteiger partial charge in [-0.15, -0.1) is 0 Å². The normalized spacial score (nSPS) is 31.9. The Hall–Kier alpha value is -2.20. The van der Waals surface area contributed by atoms with Crippen molar-refractivity contribution >= 4 is 12.1 Å². The topological polar surface area (TPSA) is 113 Å². The SMILES string of the molecule is COC(=O)N[C@@H]1C(=O)O[C@H]([C@H]2COC(C)(C)O2)[C@H](OCc2ccccc2)[C@H]1O. The third-order valence-corrected chi connectivity index (χ3v) is 4.65. The van der Waals surface area contributed by atoms with Crippen LogP contribution in [0.4, 0.5) is 4.79 Å². The Bertz CT molecular complexity index is 694. The zero-order chi connectivity index (χ0) is 20.3. The first-order valence-electron chi connectivity index (χ1n) is 9.01. The van der Waals surface area contributed by atoms with Crippen molar-refractivity contribution in [1.29, 1.82) is 0 Å². The third kappa shape index (κ3) is 4.61. The smallest absolute Gasteiger partial charge is 0.407 e. The summed E-state index contributed by atoms with van der Waals surface area (Å²) < 4.78 is 27.3. The van der Waals surface area contributed by atoms with E-state index in [4.69, 9.17) is 18.9 Å². The van der Waals surface area contributed by atoms with Crippen LogP contribution in [-0.4, -0.2) is 67.1 Å². The van der Waals surface area contributed by atoms with Gasteiger partial charge >= 0.3 is 12.1 Å². The summed E-state index contributed by atoms with van der Waals surface area (Å²) in [5.41, 5.74) is 0.881. The summed E-state index contributed by atoms with van der Waals surface area (Å²) in [6, 6.07) is 8.04. The van der Waals surface area contributed by atoms with Crippen LogP contribution in [0.3, 0.4) is 0 Å². The Morgan fingerprint density at radius 1 is 1.32 bits per heavy atom. The number of aliphatic hydroxyl groups excluding tert-OH is 1. The highest BCUT2D eigenvalue weighted by Gasteiger charge is 2.52. The second-order valence-electron chi connectivity index (χ2n) is 7.13. The number of benzene rings is 1. The summed E-state index contributed by atoms with van der Waals surface area (Å²) in [4.78, 5) is 23.9. The lowest BCUT2D eigenvalue weighted by Crippen LogP contribution is -2.65. The number of methoxy groups -OCH3 is 1. The zero-order valence-corrected chi connectivity index (χ0v) is 16.0. The minimum Gasteiger partial charge on any atom is -0.455 e. The second kappa shape index (κ2) is 8.44. The molecule has 2 aliphatic heterocycles. The zero-order valence-electron chi connectivity index (χ0n) is 16.0. The minimum absolute atomic E-state index is 0.179. The van der Waals surface area contributed by atoms with Gasteiger partial charge in [0.15, 0.2) is 17.9 Å². The molecule has 2 heterocycles. The van der Waals surface area contributed by atoms with Crippen LogP contribution in [-0.2, 0) is 35.1 Å². The third-order valence-electron chi connectivity index (χ3n) is 4.65. The molecule has 0 saturated carbocycles. The van der Waals surface area contributed by atoms with Gasteiger partial charge < -0.3 is 34.1 Å². The molecule has 0 bridgehead atoms. The van der Waals surface area contributed by atoms with Crippen LogP contribution in [0.2, 0.25) is 0 Å². The van der Waals surface area contributed by atoms with Crippen LogP contribution < -0.4 is 5.32 Å². The van der Waals surface area contributed by atoms with E-state index in [2.05, 4.69) is 10.1 Å². The van der Waals surface area contributed by atoms with Crippen molar-refractivity contribution in [2.45, 2.75) is 56.7 Å². The molecule has 0 spiro atoms. The fourth-order valence-electron chi connectivity index (χ4n) is 3.25. The van der Waals surface area contributed by atoms with Gasteiger partial charge in [-0.05, 0) is 19.4 Å². The van der Waals surface area contributed by atoms with E-state index in [1.807, 2.05) is 30.3 Å². The number of aliphatic hydroxyl groups is 1. The molecule has 0 aliphatic carbocycles. The molecule has 2 N–H and O–H groups in total. The van der Waals surface area contributed by atoms with Gasteiger partial charge in [-0.2, -0.15) is 0 Å². The maximum atomic E-state index is 12.4. The largest absolute Gasteiger partial charge is 0.455 e. The van der Waals surface area contributed by atoms with Gasteiger partial charge in [-0.25, -0.2) is 9.59 Å². The fraction of sp³-hybridized carbons (Fsp3) is 0.579. The van der Waals surface area contributed by atoms with Crippen molar-refractivity contribution in [3.8, 4) is 0 Å². The van der Waals surface area contributed by atoms with Gasteiger partial charge in [-0.1, -0.05) is 30.3 Å². The van der Waals surface area contributed by atoms with Crippen LogP contribution in [0, 0.1) is 0 Å². The van der Waals surface area contributed by atoms with E-state index < -0.39 is 48.3 Å². The fourth-order valence-corrected chi connectivity index (χ4v) is 3.25. The van der Waals surface area contributed by atoms with Crippen molar-refractivity contribution in [2.75, 3.05) is 13.7 Å². The molecule has 2 aliphatic rings. The lowest BCUT2D eigenvalue weighted by molar-refractivity contribution is -0.219. The van der Waals surface area contributed by atoms with Gasteiger partial charge in [-0.3, -0.25) is 0 Å². The number of carbonyl (C=O) groups is 2. The summed E-state index contributed by atoms with van der Waals surface area (Å²) in [5, 5.41) is 13.1. The number of rotatable bonds is 5. The first kappa shape index (κ1) is 20.5. The molecule has 0 radical (unpaired) electrons. The summed E-state index contributed by atoms with van der Waals surface area (Å²) in [6.07, 6.45) is -4.68. The van der Waals surface area contributed by atoms with Crippen LogP contribution in [0.1, 0.15) is 19.4 Å². The number of nitrogens with one attached hydrogen (secondary N) is 1. The van der Waals surface area contributed by atoms with Gasteiger partial charge in [0.2, 0.25) is 0 Å². The van der Waals surface area contributed by atoms with E-state index in [1.54, 1.807) is 13.8 Å². The summed E-state index contributed by atoms with van der Waals surface area (Å²) in [7, 11) is 1.16. The molecule has 9 heteroatoms. The van der Waals surface area contributed by atoms with Crippen LogP contribution in [0.25, 0.3) is 0 Å². The molecule has 2 fully saturated rings. The lowest BCUT2D eigenvalue weighted by atomic mass is 9.94. The number of hydrogen-bond acceptors (Lipinski definition) is 8. The quantitative estimate of drug-likeness (QED) is 0.702. The molecular formula is C19H25NO8. The van der Waals surface area contributed by atoms with Crippen LogP contribution in [0.15, 0.2) is 30.3 Å². The highest BCUT2D eigenvalue weighted by molar-refractivity contribution is 5.83. The van der Waals surface area contributed by atoms with Crippen molar-refractivity contribution in [3.63, 3.8) is 0 Å². The molecular weight excluding hydrogens is 370 g/mol. The predicted molar refractivity (Wildman–Crippen MR) is 95.1 cm³/mol. The molecule has 0 unspecified atom stereocenters. The molecule has 154 valence electrons. The molecule has 28 heavy (non-hydrogen) atoms. The standard InChI is InChI=1S/C19H25NO8/c1-19(2)26-10-12(28-19)15-16(25-9-11-7-5-4-6-8-11)14(21)13(17(22)27-15)20-18(23)24-3/h4-8,12-16,21H,9-10H2,1-3H3,(H,20,23)/t12-,13+,14+,15-,16-/m1/s1.